The van der Waals surface area contributed by atoms with Crippen LogP contribution in [0.15, 0.2) is 30.3 Å². The third-order valence-corrected chi connectivity index (χ3v) is 3.90. The van der Waals surface area contributed by atoms with Crippen LogP contribution in [0.3, 0.4) is 0 Å². The molecule has 0 aromatic heterocycles. The van der Waals surface area contributed by atoms with Gasteiger partial charge in [-0.3, -0.25) is 4.79 Å². The molecule has 4 heteroatoms. The molecule has 1 fully saturated rings. The average molecular weight is 279 g/mol. The Balaban J connectivity index is 2.09. The van der Waals surface area contributed by atoms with Gasteiger partial charge < -0.3 is 10.6 Å². The molecule has 19 heavy (non-hydrogen) atoms. The highest BCUT2D eigenvalue weighted by Gasteiger charge is 2.24. The molecule has 0 aliphatic carbocycles. The molecular formula is C15H19ClN2O. The molecule has 2 N–H and O–H groups in total. The van der Waals surface area contributed by atoms with Gasteiger partial charge in [0.15, 0.2) is 0 Å². The summed E-state index contributed by atoms with van der Waals surface area (Å²) < 4.78 is 0. The van der Waals surface area contributed by atoms with E-state index in [1.165, 1.54) is 0 Å². The van der Waals surface area contributed by atoms with E-state index in [0.717, 1.165) is 30.6 Å². The fourth-order valence-electron chi connectivity index (χ4n) is 2.36. The number of benzene rings is 1. The number of rotatable bonds is 3. The Morgan fingerprint density at radius 3 is 2.89 bits per heavy atom. The van der Waals surface area contributed by atoms with Crippen LogP contribution in [0, 0.1) is 5.92 Å². The van der Waals surface area contributed by atoms with E-state index >= 15 is 0 Å². The van der Waals surface area contributed by atoms with Gasteiger partial charge >= 0.3 is 0 Å². The molecule has 1 heterocycles. The van der Waals surface area contributed by atoms with Crippen LogP contribution < -0.4 is 5.73 Å². The van der Waals surface area contributed by atoms with Crippen molar-refractivity contribution in [2.45, 2.75) is 13.3 Å². The van der Waals surface area contributed by atoms with Crippen LogP contribution in [0.5, 0.6) is 0 Å². The predicted octanol–water partition coefficient (Wildman–Crippen LogP) is 2.55. The molecule has 0 radical (unpaired) electrons. The van der Waals surface area contributed by atoms with Crippen LogP contribution in [0.2, 0.25) is 5.02 Å². The lowest BCUT2D eigenvalue weighted by atomic mass is 10.1. The summed E-state index contributed by atoms with van der Waals surface area (Å²) in [6, 6.07) is 7.56. The third kappa shape index (κ3) is 3.37. The standard InChI is InChI=1S/C15H19ClN2O/c1-11(13-4-2-3-5-14(13)16)8-15(19)18-7-6-12(9-17)10-18/h2-5,8,12H,6-7,9-10,17H2,1H3. The van der Waals surface area contributed by atoms with E-state index in [0.29, 0.717) is 17.5 Å². The van der Waals surface area contributed by atoms with Crippen molar-refractivity contribution in [3.63, 3.8) is 0 Å². The predicted molar refractivity (Wildman–Crippen MR) is 78.8 cm³/mol. The van der Waals surface area contributed by atoms with Gasteiger partial charge in [0.1, 0.15) is 0 Å². The van der Waals surface area contributed by atoms with Gasteiger partial charge in [0, 0.05) is 24.2 Å². The summed E-state index contributed by atoms with van der Waals surface area (Å²) in [6.45, 7) is 4.13. The fourth-order valence-corrected chi connectivity index (χ4v) is 2.65. The normalized spacial score (nSPS) is 19.8. The summed E-state index contributed by atoms with van der Waals surface area (Å²) in [6.07, 6.45) is 2.67. The van der Waals surface area contributed by atoms with Crippen LogP contribution in [-0.2, 0) is 4.79 Å². The molecule has 1 unspecified atom stereocenters. The minimum absolute atomic E-state index is 0.0494. The first kappa shape index (κ1) is 14.1. The highest BCUT2D eigenvalue weighted by molar-refractivity contribution is 6.32. The van der Waals surface area contributed by atoms with E-state index in [1.54, 1.807) is 6.08 Å². The minimum Gasteiger partial charge on any atom is -0.339 e. The summed E-state index contributed by atoms with van der Waals surface area (Å²) in [5.41, 5.74) is 7.44. The molecule has 1 aliphatic rings. The first-order chi connectivity index (χ1) is 9.11. The number of allylic oxidation sites excluding steroid dienone is 1. The lowest BCUT2D eigenvalue weighted by Crippen LogP contribution is -2.28. The second-order valence-electron chi connectivity index (χ2n) is 4.98. The summed E-state index contributed by atoms with van der Waals surface area (Å²) in [7, 11) is 0. The number of nitrogens with zero attached hydrogens (tertiary/aromatic N) is 1. The topological polar surface area (TPSA) is 46.3 Å². The van der Waals surface area contributed by atoms with E-state index in [2.05, 4.69) is 0 Å². The van der Waals surface area contributed by atoms with Crippen LogP contribution in [-0.4, -0.2) is 30.4 Å². The van der Waals surface area contributed by atoms with Crippen LogP contribution in [0.4, 0.5) is 0 Å². The van der Waals surface area contributed by atoms with Gasteiger partial charge in [-0.1, -0.05) is 29.8 Å². The number of hydrogen-bond acceptors (Lipinski definition) is 2. The van der Waals surface area contributed by atoms with Crippen molar-refractivity contribution in [3.8, 4) is 0 Å². The Kier molecular flexibility index (Phi) is 4.61. The minimum atomic E-state index is 0.0494. The van der Waals surface area contributed by atoms with E-state index in [4.69, 9.17) is 17.3 Å². The molecule has 1 saturated heterocycles. The van der Waals surface area contributed by atoms with Crippen LogP contribution in [0.1, 0.15) is 18.9 Å². The first-order valence-electron chi connectivity index (χ1n) is 6.54. The quantitative estimate of drug-likeness (QED) is 0.864. The SMILES string of the molecule is CC(=CC(=O)N1CCC(CN)C1)c1ccccc1Cl. The number of nitrogens with two attached hydrogens (primary N) is 1. The molecule has 1 aliphatic heterocycles. The number of amides is 1. The Bertz CT molecular complexity index is 499. The maximum absolute atomic E-state index is 12.2. The fraction of sp³-hybridized carbons (Fsp3) is 0.400. The largest absolute Gasteiger partial charge is 0.339 e. The van der Waals surface area contributed by atoms with Crippen molar-refractivity contribution < 1.29 is 4.79 Å². The molecule has 1 atom stereocenters. The lowest BCUT2D eigenvalue weighted by Gasteiger charge is -2.14. The highest BCUT2D eigenvalue weighted by Crippen LogP contribution is 2.24. The van der Waals surface area contributed by atoms with E-state index < -0.39 is 0 Å². The Morgan fingerprint density at radius 2 is 2.26 bits per heavy atom. The van der Waals surface area contributed by atoms with Gasteiger partial charge in [-0.05, 0) is 43.0 Å². The summed E-state index contributed by atoms with van der Waals surface area (Å²) in [4.78, 5) is 14.0. The molecule has 0 bridgehead atoms. The lowest BCUT2D eigenvalue weighted by molar-refractivity contribution is -0.125. The molecule has 1 aromatic rings. The molecule has 0 spiro atoms. The summed E-state index contributed by atoms with van der Waals surface area (Å²) in [5, 5.41) is 0.672. The summed E-state index contributed by atoms with van der Waals surface area (Å²) in [5.74, 6) is 0.492. The Morgan fingerprint density at radius 1 is 1.53 bits per heavy atom. The highest BCUT2D eigenvalue weighted by atomic mass is 35.5. The second-order valence-corrected chi connectivity index (χ2v) is 5.39. The molecule has 2 rings (SSSR count). The second kappa shape index (κ2) is 6.22. The zero-order valence-corrected chi connectivity index (χ0v) is 11.9. The zero-order valence-electron chi connectivity index (χ0n) is 11.1. The van der Waals surface area contributed by atoms with Gasteiger partial charge in [-0.25, -0.2) is 0 Å². The van der Waals surface area contributed by atoms with Gasteiger partial charge in [0.2, 0.25) is 5.91 Å². The molecular weight excluding hydrogens is 260 g/mol. The third-order valence-electron chi connectivity index (χ3n) is 3.57. The monoisotopic (exact) mass is 278 g/mol. The van der Waals surface area contributed by atoms with E-state index in [1.807, 2.05) is 36.1 Å². The van der Waals surface area contributed by atoms with Gasteiger partial charge in [0.05, 0.1) is 0 Å². The average Bonchev–Trinajstić information content (AvgIpc) is 2.88. The molecule has 3 nitrogen and oxygen atoms in total. The van der Waals surface area contributed by atoms with Crippen LogP contribution in [0.25, 0.3) is 5.57 Å². The Hall–Kier alpha value is -1.32. The van der Waals surface area contributed by atoms with Crippen molar-refractivity contribution >= 4 is 23.1 Å². The van der Waals surface area contributed by atoms with Crippen molar-refractivity contribution in [1.82, 2.24) is 4.90 Å². The molecule has 1 amide bonds. The Labute approximate surface area is 119 Å². The van der Waals surface area contributed by atoms with E-state index in [-0.39, 0.29) is 5.91 Å². The van der Waals surface area contributed by atoms with Crippen molar-refractivity contribution in [2.75, 3.05) is 19.6 Å². The molecule has 102 valence electrons. The van der Waals surface area contributed by atoms with Crippen LogP contribution >= 0.6 is 11.6 Å². The first-order valence-corrected chi connectivity index (χ1v) is 6.91. The maximum Gasteiger partial charge on any atom is 0.246 e. The zero-order chi connectivity index (χ0) is 13.8. The maximum atomic E-state index is 12.2. The van der Waals surface area contributed by atoms with Crippen molar-refractivity contribution in [1.29, 1.82) is 0 Å². The number of hydrogen-bond donors (Lipinski definition) is 1. The number of carbonyl (C=O) groups excluding carboxylic acids is 1. The molecule has 0 saturated carbocycles. The van der Waals surface area contributed by atoms with E-state index in [9.17, 15) is 4.79 Å². The summed E-state index contributed by atoms with van der Waals surface area (Å²) >= 11 is 6.13. The van der Waals surface area contributed by atoms with Gasteiger partial charge in [0.25, 0.3) is 0 Å². The van der Waals surface area contributed by atoms with Gasteiger partial charge in [-0.15, -0.1) is 0 Å². The number of carbonyl (C=O) groups is 1. The number of halogens is 1. The van der Waals surface area contributed by atoms with Crippen molar-refractivity contribution in [3.05, 3.63) is 40.9 Å². The van der Waals surface area contributed by atoms with Crippen molar-refractivity contribution in [2.24, 2.45) is 11.7 Å². The van der Waals surface area contributed by atoms with Gasteiger partial charge in [-0.2, -0.15) is 0 Å². The number of likely N-dealkylation sites (tertiary alicyclic amines) is 1. The molecule has 1 aromatic carbocycles. The smallest absolute Gasteiger partial charge is 0.246 e.